The molecule has 1 heteroatoms. The van der Waals surface area contributed by atoms with E-state index in [9.17, 15) is 5.11 Å². The Morgan fingerprint density at radius 2 is 1.92 bits per heavy atom. The maximum Gasteiger partial charge on any atom is 0.0568 e. The second-order valence-corrected chi connectivity index (χ2v) is 5.36. The van der Waals surface area contributed by atoms with Crippen LogP contribution in [0.2, 0.25) is 0 Å². The van der Waals surface area contributed by atoms with Gasteiger partial charge in [-0.15, -0.1) is 0 Å². The van der Waals surface area contributed by atoms with Crippen LogP contribution in [-0.4, -0.2) is 11.2 Å². The fourth-order valence-corrected chi connectivity index (χ4v) is 1.64. The minimum Gasteiger partial charge on any atom is -0.393 e. The molecule has 1 aliphatic rings. The van der Waals surface area contributed by atoms with Crippen molar-refractivity contribution in [1.82, 2.24) is 0 Å². The first kappa shape index (κ1) is 10.0. The molecular weight excluding hydrogens is 148 g/mol. The molecule has 0 saturated heterocycles. The number of hydrogen-bond acceptors (Lipinski definition) is 1. The van der Waals surface area contributed by atoms with Crippen molar-refractivity contribution in [1.29, 1.82) is 0 Å². The predicted octanol–water partition coefficient (Wildman–Crippen LogP) is 2.97. The van der Waals surface area contributed by atoms with Gasteiger partial charge in [0.05, 0.1) is 6.10 Å². The third kappa shape index (κ3) is 3.14. The zero-order valence-corrected chi connectivity index (χ0v) is 8.64. The fourth-order valence-electron chi connectivity index (χ4n) is 1.64. The van der Waals surface area contributed by atoms with Gasteiger partial charge in [-0.1, -0.05) is 27.2 Å². The molecule has 0 amide bonds. The van der Waals surface area contributed by atoms with Crippen LogP contribution in [0, 0.1) is 11.3 Å². The van der Waals surface area contributed by atoms with Crippen LogP contribution in [0.3, 0.4) is 0 Å². The van der Waals surface area contributed by atoms with Crippen molar-refractivity contribution in [2.45, 2.75) is 59.0 Å². The van der Waals surface area contributed by atoms with Crippen molar-refractivity contribution in [3.63, 3.8) is 0 Å². The Bertz CT molecular complexity index is 130. The van der Waals surface area contributed by atoms with Gasteiger partial charge in [-0.2, -0.15) is 0 Å². The largest absolute Gasteiger partial charge is 0.393 e. The molecule has 1 rings (SSSR count). The van der Waals surface area contributed by atoms with Crippen LogP contribution >= 0.6 is 0 Å². The lowest BCUT2D eigenvalue weighted by atomic mass is 9.77. The molecule has 1 N–H and O–H groups in total. The molecule has 1 saturated carbocycles. The Labute approximate surface area is 76.2 Å². The Balaban J connectivity index is 2.13. The maximum absolute atomic E-state index is 9.73. The van der Waals surface area contributed by atoms with Crippen molar-refractivity contribution in [3.8, 4) is 0 Å². The predicted molar refractivity (Wildman–Crippen MR) is 52.0 cm³/mol. The van der Waals surface area contributed by atoms with Crippen LogP contribution in [0.25, 0.3) is 0 Å². The molecule has 0 spiro atoms. The van der Waals surface area contributed by atoms with Crippen molar-refractivity contribution in [2.24, 2.45) is 11.3 Å². The molecular formula is C11H22O. The number of rotatable bonds is 3. The van der Waals surface area contributed by atoms with Crippen LogP contribution in [0.1, 0.15) is 52.9 Å². The average molecular weight is 170 g/mol. The topological polar surface area (TPSA) is 20.2 Å². The summed E-state index contributed by atoms with van der Waals surface area (Å²) in [5.74, 6) is 0.632. The van der Waals surface area contributed by atoms with Gasteiger partial charge in [0.15, 0.2) is 0 Å². The summed E-state index contributed by atoms with van der Waals surface area (Å²) in [6.45, 7) is 6.71. The standard InChI is InChI=1S/C11H22O/c1-11(2,3)8-7-10(12)9-5-4-6-9/h9-10,12H,4-8H2,1-3H3. The van der Waals surface area contributed by atoms with E-state index in [1.807, 2.05) is 0 Å². The van der Waals surface area contributed by atoms with Gasteiger partial charge in [-0.05, 0) is 37.0 Å². The van der Waals surface area contributed by atoms with E-state index in [1.54, 1.807) is 0 Å². The van der Waals surface area contributed by atoms with Gasteiger partial charge < -0.3 is 5.11 Å². The molecule has 0 aromatic heterocycles. The number of hydrogen-bond donors (Lipinski definition) is 1. The average Bonchev–Trinajstić information content (AvgIpc) is 1.78. The zero-order valence-electron chi connectivity index (χ0n) is 8.64. The van der Waals surface area contributed by atoms with E-state index in [-0.39, 0.29) is 6.10 Å². The highest BCUT2D eigenvalue weighted by molar-refractivity contribution is 4.78. The molecule has 0 aromatic carbocycles. The Hall–Kier alpha value is -0.0400. The Morgan fingerprint density at radius 1 is 1.33 bits per heavy atom. The zero-order chi connectivity index (χ0) is 9.19. The quantitative estimate of drug-likeness (QED) is 0.690. The third-order valence-corrected chi connectivity index (χ3v) is 2.88. The second-order valence-electron chi connectivity index (χ2n) is 5.36. The van der Waals surface area contributed by atoms with Gasteiger partial charge in [0.2, 0.25) is 0 Å². The smallest absolute Gasteiger partial charge is 0.0568 e. The van der Waals surface area contributed by atoms with Crippen LogP contribution in [-0.2, 0) is 0 Å². The molecule has 0 aromatic rings. The van der Waals surface area contributed by atoms with Gasteiger partial charge in [-0.3, -0.25) is 0 Å². The molecule has 1 nitrogen and oxygen atoms in total. The Kier molecular flexibility index (Phi) is 3.16. The summed E-state index contributed by atoms with van der Waals surface area (Å²) < 4.78 is 0. The molecule has 1 atom stereocenters. The van der Waals surface area contributed by atoms with Gasteiger partial charge in [0.25, 0.3) is 0 Å². The first-order valence-corrected chi connectivity index (χ1v) is 5.17. The first-order valence-electron chi connectivity index (χ1n) is 5.17. The summed E-state index contributed by atoms with van der Waals surface area (Å²) in [5, 5.41) is 9.73. The Morgan fingerprint density at radius 3 is 2.25 bits per heavy atom. The molecule has 1 fully saturated rings. The summed E-state index contributed by atoms with van der Waals surface area (Å²) in [5.41, 5.74) is 0.380. The van der Waals surface area contributed by atoms with E-state index < -0.39 is 0 Å². The van der Waals surface area contributed by atoms with Crippen molar-refractivity contribution in [2.75, 3.05) is 0 Å². The van der Waals surface area contributed by atoms with Gasteiger partial charge >= 0.3 is 0 Å². The minimum atomic E-state index is -0.0158. The monoisotopic (exact) mass is 170 g/mol. The molecule has 12 heavy (non-hydrogen) atoms. The summed E-state index contributed by atoms with van der Waals surface area (Å²) in [6.07, 6.45) is 5.96. The van der Waals surface area contributed by atoms with Gasteiger partial charge in [0.1, 0.15) is 0 Å². The lowest BCUT2D eigenvalue weighted by molar-refractivity contribution is 0.0467. The van der Waals surface area contributed by atoms with Gasteiger partial charge in [-0.25, -0.2) is 0 Å². The normalized spacial score (nSPS) is 22.0. The lowest BCUT2D eigenvalue weighted by Gasteiger charge is -2.31. The summed E-state index contributed by atoms with van der Waals surface area (Å²) in [6, 6.07) is 0. The molecule has 0 aliphatic heterocycles. The first-order chi connectivity index (χ1) is 5.49. The van der Waals surface area contributed by atoms with Crippen LogP contribution in [0.15, 0.2) is 0 Å². The van der Waals surface area contributed by atoms with Crippen molar-refractivity contribution in [3.05, 3.63) is 0 Å². The van der Waals surface area contributed by atoms with Crippen LogP contribution in [0.5, 0.6) is 0 Å². The summed E-state index contributed by atoms with van der Waals surface area (Å²) in [7, 11) is 0. The molecule has 0 heterocycles. The fraction of sp³-hybridized carbons (Fsp3) is 1.00. The number of aliphatic hydroxyl groups is 1. The summed E-state index contributed by atoms with van der Waals surface area (Å²) >= 11 is 0. The number of aliphatic hydroxyl groups excluding tert-OH is 1. The molecule has 1 aliphatic carbocycles. The molecule has 1 unspecified atom stereocenters. The highest BCUT2D eigenvalue weighted by atomic mass is 16.3. The van der Waals surface area contributed by atoms with Crippen molar-refractivity contribution >= 4 is 0 Å². The van der Waals surface area contributed by atoms with E-state index in [0.29, 0.717) is 11.3 Å². The van der Waals surface area contributed by atoms with Crippen LogP contribution in [0.4, 0.5) is 0 Å². The lowest BCUT2D eigenvalue weighted by Crippen LogP contribution is -2.27. The summed E-state index contributed by atoms with van der Waals surface area (Å²) in [4.78, 5) is 0. The molecule has 72 valence electrons. The highest BCUT2D eigenvalue weighted by Crippen LogP contribution is 2.33. The van der Waals surface area contributed by atoms with E-state index in [1.165, 1.54) is 19.3 Å². The van der Waals surface area contributed by atoms with E-state index in [4.69, 9.17) is 0 Å². The third-order valence-electron chi connectivity index (χ3n) is 2.88. The minimum absolute atomic E-state index is 0.0158. The second kappa shape index (κ2) is 3.78. The van der Waals surface area contributed by atoms with Crippen LogP contribution < -0.4 is 0 Å². The van der Waals surface area contributed by atoms with E-state index >= 15 is 0 Å². The van der Waals surface area contributed by atoms with E-state index in [2.05, 4.69) is 20.8 Å². The van der Waals surface area contributed by atoms with Gasteiger partial charge in [0, 0.05) is 0 Å². The molecule has 0 bridgehead atoms. The highest BCUT2D eigenvalue weighted by Gasteiger charge is 2.26. The van der Waals surface area contributed by atoms with E-state index in [0.717, 1.165) is 12.8 Å². The maximum atomic E-state index is 9.73. The molecule has 0 radical (unpaired) electrons. The van der Waals surface area contributed by atoms with Crippen molar-refractivity contribution < 1.29 is 5.11 Å². The SMILES string of the molecule is CC(C)(C)CCC(O)C1CCC1.